The molecule has 0 radical (unpaired) electrons. The van der Waals surface area contributed by atoms with Gasteiger partial charge in [0.25, 0.3) is 5.91 Å². The molecule has 1 N–H and O–H groups in total. The highest BCUT2D eigenvalue weighted by Crippen LogP contribution is 2.27. The van der Waals surface area contributed by atoms with E-state index in [4.69, 9.17) is 23.2 Å². The number of carbonyl (C=O) groups is 1. The number of hydrogen-bond acceptors (Lipinski definition) is 3. The molecule has 1 atom stereocenters. The maximum atomic E-state index is 13.9. The first-order valence-corrected chi connectivity index (χ1v) is 9.38. The van der Waals surface area contributed by atoms with Crippen LogP contribution in [0.25, 0.3) is 0 Å². The monoisotopic (exact) mass is 431 g/mol. The Balaban J connectivity index is 0.00000261. The minimum Gasteiger partial charge on any atom is -0.330 e. The molecule has 4 nitrogen and oxygen atoms in total. The molecular weight excluding hydrogens is 412 g/mol. The molecule has 0 bridgehead atoms. The molecule has 1 aromatic carbocycles. The molecule has 1 fully saturated rings. The van der Waals surface area contributed by atoms with Crippen molar-refractivity contribution in [2.45, 2.75) is 31.8 Å². The van der Waals surface area contributed by atoms with Gasteiger partial charge in [0.15, 0.2) is 0 Å². The lowest BCUT2D eigenvalue weighted by Gasteiger charge is -2.31. The summed E-state index contributed by atoms with van der Waals surface area (Å²) in [6, 6.07) is 8.02. The minimum atomic E-state index is -0.653. The summed E-state index contributed by atoms with van der Waals surface area (Å²) in [7, 11) is 0. The van der Waals surface area contributed by atoms with Crippen LogP contribution in [-0.2, 0) is 6.54 Å². The number of rotatable bonds is 4. The van der Waals surface area contributed by atoms with Crippen molar-refractivity contribution >= 4 is 41.5 Å². The highest BCUT2D eigenvalue weighted by atomic mass is 35.5. The summed E-state index contributed by atoms with van der Waals surface area (Å²) in [6.07, 6.45) is 4.37. The van der Waals surface area contributed by atoms with Gasteiger partial charge in [0.05, 0.1) is 27.8 Å². The van der Waals surface area contributed by atoms with Gasteiger partial charge in [-0.25, -0.2) is 4.39 Å². The van der Waals surface area contributed by atoms with Crippen molar-refractivity contribution in [2.75, 3.05) is 13.1 Å². The lowest BCUT2D eigenvalue weighted by atomic mass is 10.0. The van der Waals surface area contributed by atoms with Crippen LogP contribution in [-0.4, -0.2) is 34.9 Å². The molecule has 2 heterocycles. The third kappa shape index (κ3) is 5.55. The number of carbonyl (C=O) groups excluding carboxylic acids is 1. The number of benzene rings is 1. The Morgan fingerprint density at radius 2 is 2.04 bits per heavy atom. The summed E-state index contributed by atoms with van der Waals surface area (Å²) in [5.74, 6) is -0.956. The van der Waals surface area contributed by atoms with E-state index < -0.39 is 5.82 Å². The number of aromatic nitrogens is 1. The molecular formula is C19H21Cl3FN3O. The fourth-order valence-corrected chi connectivity index (χ4v) is 3.65. The lowest BCUT2D eigenvalue weighted by Crippen LogP contribution is -2.40. The number of pyridine rings is 1. The van der Waals surface area contributed by atoms with Crippen molar-refractivity contribution in [1.82, 2.24) is 15.2 Å². The maximum Gasteiger partial charge on any atom is 0.256 e. The highest BCUT2D eigenvalue weighted by Gasteiger charge is 2.28. The van der Waals surface area contributed by atoms with Gasteiger partial charge in [-0.05, 0) is 56.6 Å². The van der Waals surface area contributed by atoms with Crippen LogP contribution in [0.5, 0.6) is 0 Å². The molecule has 1 aliphatic heterocycles. The summed E-state index contributed by atoms with van der Waals surface area (Å²) in [5.41, 5.74) is 0.908. The summed E-state index contributed by atoms with van der Waals surface area (Å²) in [5, 5.41) is 3.40. The molecule has 0 spiro atoms. The lowest BCUT2D eigenvalue weighted by molar-refractivity contribution is 0.0642. The molecule has 0 aliphatic carbocycles. The fraction of sp³-hybridized carbons (Fsp3) is 0.368. The number of hydrogen-bond donors (Lipinski definition) is 1. The average molecular weight is 433 g/mol. The van der Waals surface area contributed by atoms with Crippen LogP contribution in [0, 0.1) is 5.82 Å². The van der Waals surface area contributed by atoms with Crippen molar-refractivity contribution in [2.24, 2.45) is 0 Å². The second kappa shape index (κ2) is 10.2. The number of nitrogens with one attached hydrogen (secondary N) is 1. The van der Waals surface area contributed by atoms with E-state index in [0.717, 1.165) is 44.1 Å². The van der Waals surface area contributed by atoms with Crippen LogP contribution in [0.15, 0.2) is 36.5 Å². The summed E-state index contributed by atoms with van der Waals surface area (Å²) < 4.78 is 13.9. The first-order chi connectivity index (χ1) is 12.6. The van der Waals surface area contributed by atoms with Gasteiger partial charge in [-0.1, -0.05) is 29.3 Å². The van der Waals surface area contributed by atoms with Gasteiger partial charge in [0, 0.05) is 12.2 Å². The molecule has 1 aromatic heterocycles. The Hall–Kier alpha value is -1.40. The van der Waals surface area contributed by atoms with E-state index in [1.807, 2.05) is 18.2 Å². The Bertz CT molecular complexity index is 768. The van der Waals surface area contributed by atoms with Gasteiger partial charge in [-0.15, -0.1) is 12.4 Å². The Morgan fingerprint density at radius 1 is 1.22 bits per heavy atom. The van der Waals surface area contributed by atoms with E-state index in [-0.39, 0.29) is 40.0 Å². The molecule has 0 saturated carbocycles. The third-order valence-electron chi connectivity index (χ3n) is 4.55. The van der Waals surface area contributed by atoms with Crippen LogP contribution in [0.4, 0.5) is 4.39 Å². The van der Waals surface area contributed by atoms with Crippen LogP contribution in [0.3, 0.4) is 0 Å². The average Bonchev–Trinajstić information content (AvgIpc) is 2.92. The molecule has 2 aromatic rings. The largest absolute Gasteiger partial charge is 0.330 e. The maximum absolute atomic E-state index is 13.9. The molecule has 146 valence electrons. The first kappa shape index (κ1) is 21.9. The number of nitrogens with zero attached hydrogens (tertiary/aromatic N) is 2. The summed E-state index contributed by atoms with van der Waals surface area (Å²) in [6.45, 7) is 2.11. The zero-order chi connectivity index (χ0) is 18.5. The van der Waals surface area contributed by atoms with E-state index in [1.54, 1.807) is 11.1 Å². The topological polar surface area (TPSA) is 45.2 Å². The smallest absolute Gasteiger partial charge is 0.256 e. The van der Waals surface area contributed by atoms with E-state index in [1.165, 1.54) is 6.07 Å². The first-order valence-electron chi connectivity index (χ1n) is 8.62. The zero-order valence-electron chi connectivity index (χ0n) is 14.6. The molecule has 8 heteroatoms. The van der Waals surface area contributed by atoms with Crippen LogP contribution in [0.2, 0.25) is 10.0 Å². The fourth-order valence-electron chi connectivity index (χ4n) is 3.19. The summed E-state index contributed by atoms with van der Waals surface area (Å²) in [4.78, 5) is 19.3. The van der Waals surface area contributed by atoms with Crippen molar-refractivity contribution in [3.05, 3.63) is 63.6 Å². The van der Waals surface area contributed by atoms with Gasteiger partial charge in [-0.2, -0.15) is 0 Å². The normalized spacial score (nSPS) is 16.9. The summed E-state index contributed by atoms with van der Waals surface area (Å²) >= 11 is 12.0. The standard InChI is InChI=1S/C19H20Cl2FN3O.ClH/c20-16-11-17(21)18(22)10-15(16)19(26)25(12-13-4-1-2-8-24-13)14-5-3-7-23-9-6-14;/h1-2,4,8,10-11,14,23H,3,5-7,9,12H2;1H. The second-order valence-corrected chi connectivity index (χ2v) is 7.15. The molecule has 1 amide bonds. The van der Waals surface area contributed by atoms with Gasteiger partial charge in [0.1, 0.15) is 5.82 Å². The number of halogens is 4. The molecule has 1 unspecified atom stereocenters. The van der Waals surface area contributed by atoms with Gasteiger partial charge < -0.3 is 10.2 Å². The van der Waals surface area contributed by atoms with Crippen molar-refractivity contribution in [1.29, 1.82) is 0 Å². The van der Waals surface area contributed by atoms with Crippen molar-refractivity contribution in [3.63, 3.8) is 0 Å². The molecule has 1 aliphatic rings. The molecule has 1 saturated heterocycles. The van der Waals surface area contributed by atoms with Crippen LogP contribution in [0.1, 0.15) is 35.3 Å². The predicted octanol–water partition coefficient (Wildman–Crippen LogP) is 4.73. The number of amides is 1. The van der Waals surface area contributed by atoms with Crippen LogP contribution >= 0.6 is 35.6 Å². The van der Waals surface area contributed by atoms with Gasteiger partial charge >= 0.3 is 0 Å². The Labute approximate surface area is 174 Å². The highest BCUT2D eigenvalue weighted by molar-refractivity contribution is 6.36. The SMILES string of the molecule is Cl.O=C(c1cc(F)c(Cl)cc1Cl)N(Cc1ccccn1)C1CCCNCC1. The van der Waals surface area contributed by atoms with E-state index in [9.17, 15) is 9.18 Å². The molecule has 3 rings (SSSR count). The van der Waals surface area contributed by atoms with E-state index in [0.29, 0.717) is 6.54 Å². The van der Waals surface area contributed by atoms with E-state index in [2.05, 4.69) is 10.3 Å². The van der Waals surface area contributed by atoms with Crippen molar-refractivity contribution in [3.8, 4) is 0 Å². The zero-order valence-corrected chi connectivity index (χ0v) is 17.0. The third-order valence-corrected chi connectivity index (χ3v) is 5.15. The van der Waals surface area contributed by atoms with Crippen molar-refractivity contribution < 1.29 is 9.18 Å². The predicted molar refractivity (Wildman–Crippen MR) is 108 cm³/mol. The minimum absolute atomic E-state index is 0. The van der Waals surface area contributed by atoms with E-state index >= 15 is 0 Å². The van der Waals surface area contributed by atoms with Gasteiger partial charge in [-0.3, -0.25) is 9.78 Å². The Morgan fingerprint density at radius 3 is 2.78 bits per heavy atom. The Kier molecular flexibility index (Phi) is 8.29. The quantitative estimate of drug-likeness (QED) is 0.710. The molecule has 27 heavy (non-hydrogen) atoms. The van der Waals surface area contributed by atoms with Crippen LogP contribution < -0.4 is 5.32 Å². The second-order valence-electron chi connectivity index (χ2n) is 6.34. The van der Waals surface area contributed by atoms with Gasteiger partial charge in [0.2, 0.25) is 0 Å².